The van der Waals surface area contributed by atoms with Crippen LogP contribution in [0.4, 0.5) is 4.79 Å². The van der Waals surface area contributed by atoms with Crippen LogP contribution in [0.3, 0.4) is 0 Å². The van der Waals surface area contributed by atoms with Gasteiger partial charge in [-0.15, -0.1) is 0 Å². The highest BCUT2D eigenvalue weighted by Gasteiger charge is 2.18. The Kier molecular flexibility index (Phi) is 6.76. The Balaban J connectivity index is 3.74. The molecule has 1 amide bonds. The van der Waals surface area contributed by atoms with E-state index in [1.54, 1.807) is 6.92 Å². The van der Waals surface area contributed by atoms with Gasteiger partial charge in [0.05, 0.1) is 13.2 Å². The van der Waals surface area contributed by atoms with Crippen molar-refractivity contribution >= 4 is 19.6 Å². The lowest BCUT2D eigenvalue weighted by Gasteiger charge is -2.13. The summed E-state index contributed by atoms with van der Waals surface area (Å²) >= 11 is 0. The summed E-state index contributed by atoms with van der Waals surface area (Å²) in [5.74, 6) is -0.959. The van der Waals surface area contributed by atoms with Gasteiger partial charge in [-0.1, -0.05) is 0 Å². The zero-order valence-corrected chi connectivity index (χ0v) is 10.2. The van der Waals surface area contributed by atoms with Crippen LogP contribution in [0.25, 0.3) is 0 Å². The Morgan fingerprint density at radius 2 is 2.06 bits per heavy atom. The molecule has 0 aliphatic heterocycles. The molecule has 2 N–H and O–H groups in total. The van der Waals surface area contributed by atoms with Crippen molar-refractivity contribution in [1.82, 2.24) is 5.09 Å². The average Bonchev–Trinajstić information content (AvgIpc) is 2.11. The second-order valence-corrected chi connectivity index (χ2v) is 5.18. The molecule has 1 atom stereocenters. The van der Waals surface area contributed by atoms with E-state index < -0.39 is 19.6 Å². The largest absolute Gasteiger partial charge is 0.481 e. The first-order valence-corrected chi connectivity index (χ1v) is 6.83. The molecule has 0 aliphatic carbocycles. The quantitative estimate of drug-likeness (QED) is 0.525. The topological polar surface area (TPSA) is 102 Å². The van der Waals surface area contributed by atoms with Crippen LogP contribution in [0.2, 0.25) is 0 Å². The van der Waals surface area contributed by atoms with Crippen molar-refractivity contribution in [1.29, 1.82) is 0 Å². The number of carbonyl (C=O) groups excluding carboxylic acids is 1. The number of nitrogens with one attached hydrogen (secondary N) is 1. The minimum absolute atomic E-state index is 0.0374. The van der Waals surface area contributed by atoms with E-state index in [0.29, 0.717) is 0 Å². The predicted octanol–water partition coefficient (Wildman–Crippen LogP) is 1.44. The Labute approximate surface area is 93.6 Å². The first-order valence-electron chi connectivity index (χ1n) is 4.76. The Morgan fingerprint density at radius 1 is 1.44 bits per heavy atom. The van der Waals surface area contributed by atoms with Gasteiger partial charge in [0.1, 0.15) is 0 Å². The zero-order valence-electron chi connectivity index (χ0n) is 9.26. The molecular weight excluding hydrogens is 237 g/mol. The third-order valence-electron chi connectivity index (χ3n) is 1.44. The first-order chi connectivity index (χ1) is 7.37. The monoisotopic (exact) mass is 253 g/mol. The van der Waals surface area contributed by atoms with E-state index in [1.807, 2.05) is 0 Å². The molecule has 0 aromatic heterocycles. The highest BCUT2D eigenvalue weighted by atomic mass is 31.2. The molecule has 0 fully saturated rings. The van der Waals surface area contributed by atoms with Crippen molar-refractivity contribution in [3.8, 4) is 0 Å². The highest BCUT2D eigenvalue weighted by molar-refractivity contribution is 7.56. The van der Waals surface area contributed by atoms with Crippen LogP contribution in [0.5, 0.6) is 0 Å². The molecule has 16 heavy (non-hydrogen) atoms. The summed E-state index contributed by atoms with van der Waals surface area (Å²) in [6.45, 7) is 3.09. The number of amides is 1. The molecule has 0 saturated heterocycles. The molecule has 8 heteroatoms. The maximum Gasteiger partial charge on any atom is 0.414 e. The zero-order chi connectivity index (χ0) is 12.6. The van der Waals surface area contributed by atoms with Gasteiger partial charge < -0.3 is 14.4 Å². The molecule has 0 aliphatic rings. The molecule has 0 saturated carbocycles. The number of hydrogen-bond acceptors (Lipinski definition) is 5. The van der Waals surface area contributed by atoms with Gasteiger partial charge in [-0.2, -0.15) is 0 Å². The number of hydrogen-bond donors (Lipinski definition) is 2. The number of carboxylic acids is 1. The smallest absolute Gasteiger partial charge is 0.414 e. The Hall–Kier alpha value is -1.07. The predicted molar refractivity (Wildman–Crippen MR) is 56.5 cm³/mol. The average molecular weight is 253 g/mol. The molecule has 0 heterocycles. The van der Waals surface area contributed by atoms with Crippen molar-refractivity contribution < 1.29 is 28.5 Å². The minimum atomic E-state index is -3.16. The molecule has 0 aromatic rings. The van der Waals surface area contributed by atoms with E-state index in [-0.39, 0.29) is 26.1 Å². The molecule has 0 rings (SSSR count). The van der Waals surface area contributed by atoms with E-state index in [4.69, 9.17) is 9.63 Å². The van der Waals surface area contributed by atoms with Crippen LogP contribution < -0.4 is 5.09 Å². The third-order valence-corrected chi connectivity index (χ3v) is 2.78. The normalized spacial score (nSPS) is 13.9. The lowest BCUT2D eigenvalue weighted by molar-refractivity contribution is -0.137. The fourth-order valence-electron chi connectivity index (χ4n) is 0.865. The van der Waals surface area contributed by atoms with Crippen molar-refractivity contribution in [2.75, 3.05) is 19.9 Å². The van der Waals surface area contributed by atoms with E-state index >= 15 is 0 Å². The third kappa shape index (κ3) is 8.26. The van der Waals surface area contributed by atoms with Gasteiger partial charge in [-0.3, -0.25) is 14.4 Å². The van der Waals surface area contributed by atoms with Crippen molar-refractivity contribution in [2.45, 2.75) is 19.8 Å². The number of carbonyl (C=O) groups is 2. The van der Waals surface area contributed by atoms with Crippen molar-refractivity contribution in [3.63, 3.8) is 0 Å². The lowest BCUT2D eigenvalue weighted by Crippen LogP contribution is -2.22. The van der Waals surface area contributed by atoms with Crippen LogP contribution in [-0.4, -0.2) is 37.0 Å². The minimum Gasteiger partial charge on any atom is -0.481 e. The van der Waals surface area contributed by atoms with Crippen LogP contribution in [-0.2, 0) is 18.6 Å². The van der Waals surface area contributed by atoms with E-state index in [1.165, 1.54) is 6.66 Å². The van der Waals surface area contributed by atoms with Gasteiger partial charge >= 0.3 is 12.1 Å². The van der Waals surface area contributed by atoms with Crippen LogP contribution in [0.15, 0.2) is 0 Å². The van der Waals surface area contributed by atoms with E-state index in [9.17, 15) is 14.2 Å². The molecule has 0 radical (unpaired) electrons. The molecule has 0 bridgehead atoms. The summed E-state index contributed by atoms with van der Waals surface area (Å²) < 4.78 is 20.8. The fourth-order valence-corrected chi connectivity index (χ4v) is 1.82. The number of carboxylic acid groups (broad SMARTS) is 1. The van der Waals surface area contributed by atoms with Crippen LogP contribution >= 0.6 is 7.52 Å². The molecular formula is C8H16NO6P. The van der Waals surface area contributed by atoms with Crippen LogP contribution in [0.1, 0.15) is 19.8 Å². The summed E-state index contributed by atoms with van der Waals surface area (Å²) in [5.41, 5.74) is 0. The van der Waals surface area contributed by atoms with Gasteiger partial charge in [-0.05, 0) is 13.3 Å². The number of ether oxygens (including phenoxy) is 1. The molecule has 94 valence electrons. The SMILES string of the molecule is CCOP(C)(=O)NC(=O)OCCCC(=O)O. The van der Waals surface area contributed by atoms with Crippen LogP contribution in [0, 0.1) is 0 Å². The maximum absolute atomic E-state index is 11.4. The number of aliphatic carboxylic acids is 1. The summed E-state index contributed by atoms with van der Waals surface area (Å²) in [6.07, 6.45) is -0.738. The molecule has 7 nitrogen and oxygen atoms in total. The van der Waals surface area contributed by atoms with Gasteiger partial charge in [-0.25, -0.2) is 4.79 Å². The Bertz CT molecular complexity index is 292. The Morgan fingerprint density at radius 3 is 2.56 bits per heavy atom. The lowest BCUT2D eigenvalue weighted by atomic mass is 10.3. The highest BCUT2D eigenvalue weighted by Crippen LogP contribution is 2.36. The second kappa shape index (κ2) is 7.24. The fraction of sp³-hybridized carbons (Fsp3) is 0.750. The molecule has 0 spiro atoms. The van der Waals surface area contributed by atoms with Gasteiger partial charge in [0.2, 0.25) is 0 Å². The standard InChI is InChI=1S/C8H16NO6P/c1-3-15-16(2,13)9-8(12)14-6-4-5-7(10)11/h3-6H2,1-2H3,(H,10,11)(H,9,12,13). The van der Waals surface area contributed by atoms with E-state index in [2.05, 4.69) is 9.82 Å². The molecule has 1 unspecified atom stereocenters. The second-order valence-electron chi connectivity index (χ2n) is 3.01. The number of rotatable bonds is 7. The van der Waals surface area contributed by atoms with Gasteiger partial charge in [0.25, 0.3) is 7.52 Å². The summed E-state index contributed by atoms with van der Waals surface area (Å²) in [6, 6.07) is 0. The summed E-state index contributed by atoms with van der Waals surface area (Å²) in [4.78, 5) is 21.2. The maximum atomic E-state index is 11.4. The summed E-state index contributed by atoms with van der Waals surface area (Å²) in [7, 11) is -3.16. The van der Waals surface area contributed by atoms with Gasteiger partial charge in [0, 0.05) is 13.1 Å². The van der Waals surface area contributed by atoms with Crippen molar-refractivity contribution in [3.05, 3.63) is 0 Å². The van der Waals surface area contributed by atoms with Crippen molar-refractivity contribution in [2.24, 2.45) is 0 Å². The first kappa shape index (κ1) is 14.9. The van der Waals surface area contributed by atoms with Gasteiger partial charge in [0.15, 0.2) is 0 Å². The molecule has 0 aromatic carbocycles. The summed E-state index contributed by atoms with van der Waals surface area (Å²) in [5, 5.41) is 10.4. The van der Waals surface area contributed by atoms with E-state index in [0.717, 1.165) is 0 Å².